The molecule has 35 heavy (non-hydrogen) atoms. The van der Waals surface area contributed by atoms with E-state index in [2.05, 4.69) is 19.1 Å². The molecule has 0 N–H and O–H groups in total. The number of methoxy groups -OCH3 is 1. The van der Waals surface area contributed by atoms with Gasteiger partial charge >= 0.3 is 0 Å². The first-order valence-electron chi connectivity index (χ1n) is 11.6. The summed E-state index contributed by atoms with van der Waals surface area (Å²) in [7, 11) is 1.65. The number of ether oxygens (including phenoxy) is 2. The Kier molecular flexibility index (Phi) is 6.53. The molecule has 0 aliphatic carbocycles. The predicted molar refractivity (Wildman–Crippen MR) is 143 cm³/mol. The van der Waals surface area contributed by atoms with Crippen molar-refractivity contribution in [1.29, 1.82) is 0 Å². The molecule has 1 heterocycles. The smallest absolute Gasteiger partial charge is 0.227 e. The molecule has 1 unspecified atom stereocenters. The monoisotopic (exact) mass is 458 g/mol. The first-order valence-corrected chi connectivity index (χ1v) is 11.6. The van der Waals surface area contributed by atoms with E-state index in [1.54, 1.807) is 7.11 Å². The zero-order valence-corrected chi connectivity index (χ0v) is 19.8. The molecule has 1 aliphatic rings. The van der Waals surface area contributed by atoms with E-state index in [0.29, 0.717) is 11.8 Å². The van der Waals surface area contributed by atoms with Gasteiger partial charge in [0.1, 0.15) is 5.76 Å². The lowest BCUT2D eigenvalue weighted by molar-refractivity contribution is 0.405. The van der Waals surface area contributed by atoms with Gasteiger partial charge in [0, 0.05) is 22.6 Å². The fourth-order valence-corrected chi connectivity index (χ4v) is 4.11. The Labute approximate surface area is 205 Å². The standard InChI is InChI=1S/C31H26N2O2/c1-22(25-17-9-11-19-27(25)32-30(34-2)23-13-5-3-6-14-23)21-29-26-18-10-12-20-28(26)33-31(35-29)24-15-7-4-8-16-24/h3-22H,1-2H3/b29-21+,32-30?. The fraction of sp³-hybridized carbons (Fsp3) is 0.0968. The number of para-hydroxylation sites is 2. The Morgan fingerprint density at radius 1 is 0.829 bits per heavy atom. The summed E-state index contributed by atoms with van der Waals surface area (Å²) in [6.45, 7) is 2.15. The highest BCUT2D eigenvalue weighted by Crippen LogP contribution is 2.37. The van der Waals surface area contributed by atoms with Gasteiger partial charge in [0.15, 0.2) is 0 Å². The third-order valence-corrected chi connectivity index (χ3v) is 5.88. The molecule has 172 valence electrons. The molecule has 0 bridgehead atoms. The van der Waals surface area contributed by atoms with Crippen LogP contribution in [-0.2, 0) is 9.47 Å². The second-order valence-electron chi connectivity index (χ2n) is 8.27. The van der Waals surface area contributed by atoms with Crippen LogP contribution >= 0.6 is 0 Å². The first kappa shape index (κ1) is 22.4. The van der Waals surface area contributed by atoms with Gasteiger partial charge in [0.2, 0.25) is 11.8 Å². The van der Waals surface area contributed by atoms with Crippen LogP contribution in [-0.4, -0.2) is 18.9 Å². The minimum Gasteiger partial charge on any atom is -0.481 e. The molecule has 0 aromatic heterocycles. The molecule has 0 saturated heterocycles. The number of fused-ring (bicyclic) bond motifs is 1. The lowest BCUT2D eigenvalue weighted by Gasteiger charge is -2.21. The third kappa shape index (κ3) is 4.92. The van der Waals surface area contributed by atoms with E-state index < -0.39 is 0 Å². The number of rotatable bonds is 5. The Hall–Kier alpha value is -4.44. The van der Waals surface area contributed by atoms with Gasteiger partial charge in [-0.15, -0.1) is 0 Å². The Morgan fingerprint density at radius 3 is 2.26 bits per heavy atom. The van der Waals surface area contributed by atoms with E-state index in [1.807, 2.05) is 103 Å². The third-order valence-electron chi connectivity index (χ3n) is 5.88. The van der Waals surface area contributed by atoms with Gasteiger partial charge in [-0.3, -0.25) is 0 Å². The van der Waals surface area contributed by atoms with Crippen LogP contribution in [0.5, 0.6) is 0 Å². The van der Waals surface area contributed by atoms with Crippen molar-refractivity contribution in [1.82, 2.24) is 0 Å². The van der Waals surface area contributed by atoms with Crippen molar-refractivity contribution in [3.63, 3.8) is 0 Å². The summed E-state index contributed by atoms with van der Waals surface area (Å²) < 4.78 is 12.0. The number of nitrogens with zero attached hydrogens (tertiary/aromatic N) is 2. The molecule has 0 radical (unpaired) electrons. The summed E-state index contributed by atoms with van der Waals surface area (Å²) in [5, 5.41) is 0. The van der Waals surface area contributed by atoms with Crippen molar-refractivity contribution in [3.8, 4) is 0 Å². The first-order chi connectivity index (χ1) is 17.2. The molecule has 4 aromatic rings. The topological polar surface area (TPSA) is 43.2 Å². The maximum atomic E-state index is 6.35. The molecule has 4 nitrogen and oxygen atoms in total. The zero-order valence-electron chi connectivity index (χ0n) is 19.8. The lowest BCUT2D eigenvalue weighted by Crippen LogP contribution is -2.11. The van der Waals surface area contributed by atoms with Crippen molar-refractivity contribution in [2.24, 2.45) is 9.98 Å². The van der Waals surface area contributed by atoms with E-state index in [4.69, 9.17) is 19.5 Å². The summed E-state index contributed by atoms with van der Waals surface area (Å²) in [5.74, 6) is 1.99. The van der Waals surface area contributed by atoms with Gasteiger partial charge in [0.05, 0.1) is 18.5 Å². The summed E-state index contributed by atoms with van der Waals surface area (Å²) in [6, 6.07) is 36.1. The molecule has 1 atom stereocenters. The van der Waals surface area contributed by atoms with E-state index >= 15 is 0 Å². The Balaban J connectivity index is 1.53. The average Bonchev–Trinajstić information content (AvgIpc) is 2.92. The number of allylic oxidation sites excluding steroid dienone is 1. The van der Waals surface area contributed by atoms with Crippen LogP contribution in [0.25, 0.3) is 5.76 Å². The van der Waals surface area contributed by atoms with Crippen molar-refractivity contribution < 1.29 is 9.47 Å². The molecule has 0 fully saturated rings. The maximum absolute atomic E-state index is 6.35. The van der Waals surface area contributed by atoms with Crippen molar-refractivity contribution in [3.05, 3.63) is 138 Å². The molecular weight excluding hydrogens is 432 g/mol. The van der Waals surface area contributed by atoms with E-state index in [-0.39, 0.29) is 5.92 Å². The quantitative estimate of drug-likeness (QED) is 0.227. The van der Waals surface area contributed by atoms with Crippen LogP contribution in [0.3, 0.4) is 0 Å². The summed E-state index contributed by atoms with van der Waals surface area (Å²) in [5.41, 5.74) is 5.69. The van der Waals surface area contributed by atoms with Crippen molar-refractivity contribution in [2.75, 3.05) is 7.11 Å². The highest BCUT2D eigenvalue weighted by atomic mass is 16.5. The number of aliphatic imine (C=N–C) groups is 2. The molecule has 4 heteroatoms. The van der Waals surface area contributed by atoms with Crippen LogP contribution in [0, 0.1) is 0 Å². The minimum absolute atomic E-state index is 0.0296. The molecular formula is C31H26N2O2. The van der Waals surface area contributed by atoms with Gasteiger partial charge in [-0.1, -0.05) is 73.7 Å². The maximum Gasteiger partial charge on any atom is 0.227 e. The normalized spacial score (nSPS) is 15.1. The van der Waals surface area contributed by atoms with Crippen molar-refractivity contribution >= 4 is 28.9 Å². The Morgan fingerprint density at radius 2 is 1.49 bits per heavy atom. The molecule has 0 amide bonds. The van der Waals surface area contributed by atoms with Crippen molar-refractivity contribution in [2.45, 2.75) is 12.8 Å². The number of benzene rings is 4. The number of hydrogen-bond donors (Lipinski definition) is 0. The molecule has 0 saturated carbocycles. The van der Waals surface area contributed by atoms with Crippen LogP contribution in [0.15, 0.2) is 125 Å². The van der Waals surface area contributed by atoms with Crippen LogP contribution in [0.1, 0.15) is 35.1 Å². The van der Waals surface area contributed by atoms with Crippen LogP contribution in [0.4, 0.5) is 11.4 Å². The molecule has 0 spiro atoms. The van der Waals surface area contributed by atoms with Gasteiger partial charge in [-0.2, -0.15) is 0 Å². The molecule has 5 rings (SSSR count). The largest absolute Gasteiger partial charge is 0.481 e. The highest BCUT2D eigenvalue weighted by Gasteiger charge is 2.21. The fourth-order valence-electron chi connectivity index (χ4n) is 4.11. The van der Waals surface area contributed by atoms with Gasteiger partial charge in [-0.05, 0) is 54.1 Å². The summed E-state index contributed by atoms with van der Waals surface area (Å²) in [6.07, 6.45) is 2.14. The second-order valence-corrected chi connectivity index (χ2v) is 8.27. The van der Waals surface area contributed by atoms with Gasteiger partial charge in [0.25, 0.3) is 0 Å². The molecule has 1 aliphatic heterocycles. The highest BCUT2D eigenvalue weighted by molar-refractivity contribution is 6.02. The summed E-state index contributed by atoms with van der Waals surface area (Å²) in [4.78, 5) is 9.63. The molecule has 4 aromatic carbocycles. The predicted octanol–water partition coefficient (Wildman–Crippen LogP) is 7.66. The van der Waals surface area contributed by atoms with E-state index in [9.17, 15) is 0 Å². The van der Waals surface area contributed by atoms with E-state index in [1.165, 1.54) is 0 Å². The van der Waals surface area contributed by atoms with Gasteiger partial charge < -0.3 is 9.47 Å². The van der Waals surface area contributed by atoms with Crippen LogP contribution in [0.2, 0.25) is 0 Å². The zero-order chi connectivity index (χ0) is 24.0. The SMILES string of the molecule is COC(=Nc1ccccc1C(C)/C=C1/OC(c2ccccc2)=Nc2ccccc21)c1ccccc1. The lowest BCUT2D eigenvalue weighted by atomic mass is 9.96. The van der Waals surface area contributed by atoms with E-state index in [0.717, 1.165) is 39.4 Å². The minimum atomic E-state index is 0.0296. The van der Waals surface area contributed by atoms with Crippen LogP contribution < -0.4 is 0 Å². The number of hydrogen-bond acceptors (Lipinski definition) is 4. The average molecular weight is 459 g/mol. The second kappa shape index (κ2) is 10.2. The Bertz CT molecular complexity index is 1410. The summed E-state index contributed by atoms with van der Waals surface area (Å²) >= 11 is 0. The van der Waals surface area contributed by atoms with Gasteiger partial charge in [-0.25, -0.2) is 9.98 Å².